The van der Waals surface area contributed by atoms with Gasteiger partial charge in [-0.05, 0) is 30.6 Å². The Morgan fingerprint density at radius 3 is 2.63 bits per heavy atom. The molecule has 1 saturated carbocycles. The number of aryl methyl sites for hydroxylation is 1. The SMILES string of the molecule is COc1cnn(C)c1C1CC(C(C)(C)C)CCC1N. The smallest absolute Gasteiger partial charge is 0.160 e. The van der Waals surface area contributed by atoms with E-state index in [-0.39, 0.29) is 6.04 Å². The van der Waals surface area contributed by atoms with E-state index in [2.05, 4.69) is 25.9 Å². The largest absolute Gasteiger partial charge is 0.493 e. The lowest BCUT2D eigenvalue weighted by Gasteiger charge is -2.40. The monoisotopic (exact) mass is 265 g/mol. The summed E-state index contributed by atoms with van der Waals surface area (Å²) in [6.45, 7) is 6.98. The van der Waals surface area contributed by atoms with Crippen LogP contribution in [-0.2, 0) is 7.05 Å². The third-order valence-corrected chi connectivity index (χ3v) is 4.65. The molecule has 0 aliphatic heterocycles. The molecule has 1 aliphatic rings. The fourth-order valence-corrected chi connectivity index (χ4v) is 3.30. The van der Waals surface area contributed by atoms with Crippen LogP contribution < -0.4 is 10.5 Å². The fourth-order valence-electron chi connectivity index (χ4n) is 3.30. The molecule has 0 radical (unpaired) electrons. The zero-order chi connectivity index (χ0) is 14.2. The predicted octanol–water partition coefficient (Wildman–Crippen LogP) is 2.69. The molecule has 2 rings (SSSR count). The first-order valence-electron chi connectivity index (χ1n) is 7.16. The second-order valence-corrected chi connectivity index (χ2v) is 6.87. The summed E-state index contributed by atoms with van der Waals surface area (Å²) in [6, 6.07) is 0.211. The van der Waals surface area contributed by atoms with Crippen molar-refractivity contribution in [1.29, 1.82) is 0 Å². The Bertz CT molecular complexity index is 433. The topological polar surface area (TPSA) is 53.1 Å². The summed E-state index contributed by atoms with van der Waals surface area (Å²) in [5.74, 6) is 1.93. The second-order valence-electron chi connectivity index (χ2n) is 6.87. The third-order valence-electron chi connectivity index (χ3n) is 4.65. The Labute approximate surface area is 116 Å². The lowest BCUT2D eigenvalue weighted by atomic mass is 9.67. The number of nitrogens with two attached hydrogens (primary N) is 1. The molecule has 108 valence electrons. The van der Waals surface area contributed by atoms with Crippen molar-refractivity contribution in [3.8, 4) is 5.75 Å². The third kappa shape index (κ3) is 2.78. The van der Waals surface area contributed by atoms with Gasteiger partial charge >= 0.3 is 0 Å². The molecule has 1 aliphatic carbocycles. The molecular formula is C15H27N3O. The second kappa shape index (κ2) is 5.16. The molecule has 4 nitrogen and oxygen atoms in total. The van der Waals surface area contributed by atoms with Crippen LogP contribution in [0.2, 0.25) is 0 Å². The van der Waals surface area contributed by atoms with E-state index < -0.39 is 0 Å². The highest BCUT2D eigenvalue weighted by Gasteiger charge is 2.37. The maximum atomic E-state index is 6.37. The predicted molar refractivity (Wildman–Crippen MR) is 77.3 cm³/mol. The summed E-state index contributed by atoms with van der Waals surface area (Å²) in [5, 5.41) is 4.32. The van der Waals surface area contributed by atoms with Crippen molar-refractivity contribution in [1.82, 2.24) is 9.78 Å². The first-order chi connectivity index (χ1) is 8.84. The van der Waals surface area contributed by atoms with Crippen LogP contribution in [0.5, 0.6) is 5.75 Å². The van der Waals surface area contributed by atoms with Crippen molar-refractivity contribution in [3.63, 3.8) is 0 Å². The van der Waals surface area contributed by atoms with Crippen LogP contribution >= 0.6 is 0 Å². The van der Waals surface area contributed by atoms with E-state index in [9.17, 15) is 0 Å². The maximum absolute atomic E-state index is 6.37. The molecule has 0 saturated heterocycles. The molecule has 2 N–H and O–H groups in total. The van der Waals surface area contributed by atoms with Gasteiger partial charge in [-0.3, -0.25) is 4.68 Å². The molecular weight excluding hydrogens is 238 g/mol. The summed E-state index contributed by atoms with van der Waals surface area (Å²) in [7, 11) is 3.68. The van der Waals surface area contributed by atoms with E-state index in [4.69, 9.17) is 10.5 Å². The number of hydrogen-bond donors (Lipinski definition) is 1. The van der Waals surface area contributed by atoms with Gasteiger partial charge in [0.1, 0.15) is 0 Å². The van der Waals surface area contributed by atoms with Crippen molar-refractivity contribution in [2.24, 2.45) is 24.1 Å². The van der Waals surface area contributed by atoms with E-state index in [1.165, 1.54) is 6.42 Å². The minimum absolute atomic E-state index is 0.211. The number of methoxy groups -OCH3 is 1. The summed E-state index contributed by atoms with van der Waals surface area (Å²) in [5.41, 5.74) is 7.87. The number of hydrogen-bond acceptors (Lipinski definition) is 3. The zero-order valence-corrected chi connectivity index (χ0v) is 12.8. The molecule has 0 amide bonds. The molecule has 19 heavy (non-hydrogen) atoms. The average Bonchev–Trinajstić information content (AvgIpc) is 2.69. The molecule has 1 heterocycles. The van der Waals surface area contributed by atoms with E-state index in [0.717, 1.165) is 24.3 Å². The van der Waals surface area contributed by atoms with Crippen LogP contribution in [0.3, 0.4) is 0 Å². The summed E-state index contributed by atoms with van der Waals surface area (Å²) in [4.78, 5) is 0. The van der Waals surface area contributed by atoms with Gasteiger partial charge in [-0.1, -0.05) is 20.8 Å². The standard InChI is InChI=1S/C15H27N3O/c1-15(2,3)10-6-7-12(16)11(8-10)14-13(19-5)9-17-18(14)4/h9-12H,6-8,16H2,1-5H3. The average molecular weight is 265 g/mol. The van der Waals surface area contributed by atoms with Crippen LogP contribution in [0.15, 0.2) is 6.20 Å². The molecule has 1 aromatic rings. The van der Waals surface area contributed by atoms with E-state index in [0.29, 0.717) is 17.3 Å². The Morgan fingerprint density at radius 2 is 2.05 bits per heavy atom. The first-order valence-corrected chi connectivity index (χ1v) is 7.16. The van der Waals surface area contributed by atoms with Crippen LogP contribution in [0.25, 0.3) is 0 Å². The van der Waals surface area contributed by atoms with E-state index in [1.54, 1.807) is 13.3 Å². The van der Waals surface area contributed by atoms with Crippen LogP contribution in [0.1, 0.15) is 51.6 Å². The molecule has 1 aromatic heterocycles. The van der Waals surface area contributed by atoms with Crippen molar-refractivity contribution >= 4 is 0 Å². The Balaban J connectivity index is 2.28. The highest BCUT2D eigenvalue weighted by molar-refractivity contribution is 5.30. The van der Waals surface area contributed by atoms with Crippen LogP contribution in [0, 0.1) is 11.3 Å². The van der Waals surface area contributed by atoms with Gasteiger partial charge in [-0.2, -0.15) is 5.10 Å². The molecule has 0 bridgehead atoms. The first kappa shape index (κ1) is 14.4. The van der Waals surface area contributed by atoms with Crippen molar-refractivity contribution < 1.29 is 4.74 Å². The molecule has 1 fully saturated rings. The van der Waals surface area contributed by atoms with Crippen molar-refractivity contribution in [2.75, 3.05) is 7.11 Å². The lowest BCUT2D eigenvalue weighted by molar-refractivity contribution is 0.150. The lowest BCUT2D eigenvalue weighted by Crippen LogP contribution is -2.39. The van der Waals surface area contributed by atoms with Crippen LogP contribution in [0.4, 0.5) is 0 Å². The van der Waals surface area contributed by atoms with Gasteiger partial charge in [-0.15, -0.1) is 0 Å². The van der Waals surface area contributed by atoms with Gasteiger partial charge < -0.3 is 10.5 Å². The minimum atomic E-state index is 0.211. The van der Waals surface area contributed by atoms with E-state index in [1.807, 2.05) is 11.7 Å². The van der Waals surface area contributed by atoms with Gasteiger partial charge in [0, 0.05) is 19.0 Å². The Hall–Kier alpha value is -1.03. The summed E-state index contributed by atoms with van der Waals surface area (Å²) < 4.78 is 7.37. The van der Waals surface area contributed by atoms with Gasteiger partial charge in [0.15, 0.2) is 5.75 Å². The molecule has 3 atom stereocenters. The zero-order valence-electron chi connectivity index (χ0n) is 12.8. The van der Waals surface area contributed by atoms with Crippen molar-refractivity contribution in [2.45, 2.75) is 52.0 Å². The molecule has 0 aromatic carbocycles. The van der Waals surface area contributed by atoms with Crippen molar-refractivity contribution in [3.05, 3.63) is 11.9 Å². The number of nitrogens with zero attached hydrogens (tertiary/aromatic N) is 2. The quantitative estimate of drug-likeness (QED) is 0.894. The summed E-state index contributed by atoms with van der Waals surface area (Å²) in [6.07, 6.45) is 5.23. The van der Waals surface area contributed by atoms with Crippen LogP contribution in [-0.4, -0.2) is 22.9 Å². The molecule has 3 unspecified atom stereocenters. The van der Waals surface area contributed by atoms with E-state index >= 15 is 0 Å². The molecule has 4 heteroatoms. The summed E-state index contributed by atoms with van der Waals surface area (Å²) >= 11 is 0. The Morgan fingerprint density at radius 1 is 1.37 bits per heavy atom. The Kier molecular flexibility index (Phi) is 3.90. The van der Waals surface area contributed by atoms with Gasteiger partial charge in [0.25, 0.3) is 0 Å². The highest BCUT2D eigenvalue weighted by atomic mass is 16.5. The number of aromatic nitrogens is 2. The minimum Gasteiger partial charge on any atom is -0.493 e. The fraction of sp³-hybridized carbons (Fsp3) is 0.800. The number of ether oxygens (including phenoxy) is 1. The van der Waals surface area contributed by atoms with Gasteiger partial charge in [-0.25, -0.2) is 0 Å². The van der Waals surface area contributed by atoms with Gasteiger partial charge in [0.05, 0.1) is 19.0 Å². The number of rotatable bonds is 2. The maximum Gasteiger partial charge on any atom is 0.160 e. The highest BCUT2D eigenvalue weighted by Crippen LogP contribution is 2.45. The van der Waals surface area contributed by atoms with Gasteiger partial charge in [0.2, 0.25) is 0 Å². The normalized spacial score (nSPS) is 28.4. The molecule has 0 spiro atoms.